The molecule has 3 aromatic rings. The van der Waals surface area contributed by atoms with Gasteiger partial charge in [0.25, 0.3) is 0 Å². The van der Waals surface area contributed by atoms with Gasteiger partial charge in [-0.1, -0.05) is 32.9 Å². The summed E-state index contributed by atoms with van der Waals surface area (Å²) in [5.41, 5.74) is 4.07. The zero-order chi connectivity index (χ0) is 24.6. The van der Waals surface area contributed by atoms with Gasteiger partial charge in [-0.2, -0.15) is 0 Å². The summed E-state index contributed by atoms with van der Waals surface area (Å²) in [5.74, 6) is -0.0627. The van der Waals surface area contributed by atoms with Crippen LogP contribution in [0.5, 0.6) is 5.88 Å². The number of benzene rings is 1. The first-order chi connectivity index (χ1) is 16.2. The fraction of sp³-hybridized carbons (Fsp3) is 0.296. The number of nitrogens with one attached hydrogen (secondary N) is 2. The molecule has 1 aromatic carbocycles. The summed E-state index contributed by atoms with van der Waals surface area (Å²) in [4.78, 5) is 22.0. The second-order valence-electron chi connectivity index (χ2n) is 9.00. The van der Waals surface area contributed by atoms with Crippen molar-refractivity contribution in [1.82, 2.24) is 20.3 Å². The summed E-state index contributed by atoms with van der Waals surface area (Å²) < 4.78 is 19.3. The van der Waals surface area contributed by atoms with Crippen molar-refractivity contribution in [2.75, 3.05) is 6.61 Å². The number of ether oxygens (including phenoxy) is 1. The number of aromatic amines is 1. The Bertz CT molecular complexity index is 1200. The highest BCUT2D eigenvalue weighted by Crippen LogP contribution is 2.25. The number of halogens is 1. The lowest BCUT2D eigenvalue weighted by Crippen LogP contribution is -2.17. The molecule has 0 unspecified atom stereocenters. The number of fused-ring (bicyclic) bond motifs is 1. The minimum atomic E-state index is -0.297. The van der Waals surface area contributed by atoms with Crippen LogP contribution in [0.25, 0.3) is 10.9 Å². The molecule has 34 heavy (non-hydrogen) atoms. The van der Waals surface area contributed by atoms with Gasteiger partial charge in [-0.25, -0.2) is 9.37 Å². The lowest BCUT2D eigenvalue weighted by Gasteiger charge is -2.18. The maximum Gasteiger partial charge on any atom is 0.232 e. The molecule has 0 radical (unpaired) electrons. The SMILES string of the molecule is CC(=O)NC1=CCC(CCOc2cnccn2)=C(F)C=C1.CC(C)(C)c1ccc2[nH]ccc2c1. The van der Waals surface area contributed by atoms with Crippen LogP contribution in [0.4, 0.5) is 4.39 Å². The van der Waals surface area contributed by atoms with E-state index in [0.29, 0.717) is 36.6 Å². The molecule has 6 nitrogen and oxygen atoms in total. The molecule has 0 aliphatic heterocycles. The fourth-order valence-electron chi connectivity index (χ4n) is 3.36. The Balaban J connectivity index is 0.000000212. The van der Waals surface area contributed by atoms with Gasteiger partial charge in [0.15, 0.2) is 0 Å². The van der Waals surface area contributed by atoms with Crippen LogP contribution < -0.4 is 10.1 Å². The van der Waals surface area contributed by atoms with Crippen LogP contribution in [0.2, 0.25) is 0 Å². The highest BCUT2D eigenvalue weighted by molar-refractivity contribution is 5.80. The zero-order valence-electron chi connectivity index (χ0n) is 20.1. The average Bonchev–Trinajstić information content (AvgIpc) is 3.20. The number of nitrogens with zero attached hydrogens (tertiary/aromatic N) is 2. The lowest BCUT2D eigenvalue weighted by atomic mass is 9.86. The van der Waals surface area contributed by atoms with E-state index in [9.17, 15) is 9.18 Å². The number of rotatable bonds is 5. The molecule has 0 spiro atoms. The molecule has 2 heterocycles. The summed E-state index contributed by atoms with van der Waals surface area (Å²) in [5, 5.41) is 3.94. The number of hydrogen-bond acceptors (Lipinski definition) is 4. The third-order valence-electron chi connectivity index (χ3n) is 5.25. The molecular formula is C27H31FN4O2. The summed E-state index contributed by atoms with van der Waals surface area (Å²) in [7, 11) is 0. The van der Waals surface area contributed by atoms with Gasteiger partial charge in [0, 0.05) is 43.1 Å². The van der Waals surface area contributed by atoms with Crippen molar-refractivity contribution in [3.05, 3.63) is 89.9 Å². The Morgan fingerprint density at radius 2 is 2.03 bits per heavy atom. The maximum atomic E-state index is 13.9. The standard InChI is InChI=1S/C15H16FN3O2.C12H15N/c1-11(20)19-13-3-2-12(14(16)5-4-13)6-9-21-15-10-17-7-8-18-15;1-12(2,3)10-4-5-11-9(8-10)6-7-13-11/h3-5,7-8,10H,2,6,9H2,1H3,(H,19,20);4-8,13H,1-3H3. The number of carbonyl (C=O) groups is 1. The Kier molecular flexibility index (Phi) is 8.35. The van der Waals surface area contributed by atoms with E-state index in [0.717, 1.165) is 0 Å². The van der Waals surface area contributed by atoms with Crippen LogP contribution in [0.15, 0.2) is 84.4 Å². The van der Waals surface area contributed by atoms with Crippen molar-refractivity contribution in [3.63, 3.8) is 0 Å². The quantitative estimate of drug-likeness (QED) is 0.494. The van der Waals surface area contributed by atoms with E-state index >= 15 is 0 Å². The number of allylic oxidation sites excluding steroid dienone is 4. The second kappa shape index (κ2) is 11.4. The zero-order valence-corrected chi connectivity index (χ0v) is 20.1. The monoisotopic (exact) mass is 462 g/mol. The molecule has 7 heteroatoms. The molecule has 0 fully saturated rings. The first-order valence-electron chi connectivity index (χ1n) is 11.2. The van der Waals surface area contributed by atoms with Crippen LogP contribution in [0, 0.1) is 0 Å². The van der Waals surface area contributed by atoms with Gasteiger partial charge in [-0.3, -0.25) is 9.78 Å². The van der Waals surface area contributed by atoms with Crippen molar-refractivity contribution in [1.29, 1.82) is 0 Å². The molecule has 1 amide bonds. The second-order valence-corrected chi connectivity index (χ2v) is 9.00. The van der Waals surface area contributed by atoms with Gasteiger partial charge in [0.1, 0.15) is 5.83 Å². The van der Waals surface area contributed by atoms with E-state index in [1.807, 2.05) is 6.20 Å². The predicted molar refractivity (Wildman–Crippen MR) is 133 cm³/mol. The normalized spacial score (nSPS) is 13.6. The van der Waals surface area contributed by atoms with E-state index < -0.39 is 0 Å². The largest absolute Gasteiger partial charge is 0.476 e. The molecule has 2 N–H and O–H groups in total. The third kappa shape index (κ3) is 7.40. The van der Waals surface area contributed by atoms with Gasteiger partial charge < -0.3 is 15.0 Å². The topological polar surface area (TPSA) is 79.9 Å². The van der Waals surface area contributed by atoms with E-state index in [4.69, 9.17) is 4.74 Å². The van der Waals surface area contributed by atoms with E-state index in [2.05, 4.69) is 65.3 Å². The Morgan fingerprint density at radius 1 is 1.21 bits per heavy atom. The molecule has 0 saturated carbocycles. The minimum absolute atomic E-state index is 0.180. The van der Waals surface area contributed by atoms with Crippen LogP contribution in [0.3, 0.4) is 0 Å². The first-order valence-corrected chi connectivity index (χ1v) is 11.2. The van der Waals surface area contributed by atoms with E-state index in [-0.39, 0.29) is 17.1 Å². The molecule has 1 aliphatic carbocycles. The Morgan fingerprint density at radius 3 is 2.74 bits per heavy atom. The highest BCUT2D eigenvalue weighted by atomic mass is 19.1. The Labute approximate surface area is 199 Å². The van der Waals surface area contributed by atoms with Crippen LogP contribution in [0.1, 0.15) is 46.1 Å². The average molecular weight is 463 g/mol. The van der Waals surface area contributed by atoms with Crippen LogP contribution in [-0.4, -0.2) is 27.5 Å². The summed E-state index contributed by atoms with van der Waals surface area (Å²) >= 11 is 0. The van der Waals surface area contributed by atoms with Gasteiger partial charge in [-0.05, 0) is 58.7 Å². The number of carbonyl (C=O) groups excluding carboxylic acids is 1. The minimum Gasteiger partial charge on any atom is -0.476 e. The van der Waals surface area contributed by atoms with Gasteiger partial charge in [0.05, 0.1) is 12.8 Å². The van der Waals surface area contributed by atoms with Crippen LogP contribution in [-0.2, 0) is 10.2 Å². The van der Waals surface area contributed by atoms with Gasteiger partial charge in [-0.15, -0.1) is 0 Å². The maximum absolute atomic E-state index is 13.9. The summed E-state index contributed by atoms with van der Waals surface area (Å²) in [6.45, 7) is 8.44. The fourth-order valence-corrected chi connectivity index (χ4v) is 3.36. The summed E-state index contributed by atoms with van der Waals surface area (Å²) in [6.07, 6.45) is 12.1. The summed E-state index contributed by atoms with van der Waals surface area (Å²) in [6, 6.07) is 8.71. The van der Waals surface area contributed by atoms with Crippen molar-refractivity contribution >= 4 is 16.8 Å². The van der Waals surface area contributed by atoms with Gasteiger partial charge >= 0.3 is 0 Å². The number of hydrogen-bond donors (Lipinski definition) is 2. The number of aromatic nitrogens is 3. The molecule has 0 atom stereocenters. The molecule has 0 bridgehead atoms. The third-order valence-corrected chi connectivity index (χ3v) is 5.25. The van der Waals surface area contributed by atoms with Crippen LogP contribution >= 0.6 is 0 Å². The molecule has 178 valence electrons. The molecular weight excluding hydrogens is 431 g/mol. The molecule has 0 saturated heterocycles. The first kappa shape index (κ1) is 24.9. The van der Waals surface area contributed by atoms with Crippen molar-refractivity contribution < 1.29 is 13.9 Å². The Hall–Kier alpha value is -3.74. The smallest absolute Gasteiger partial charge is 0.232 e. The molecule has 1 aliphatic rings. The van der Waals surface area contributed by atoms with Crippen molar-refractivity contribution in [2.24, 2.45) is 0 Å². The predicted octanol–water partition coefficient (Wildman–Crippen LogP) is 5.91. The van der Waals surface area contributed by atoms with E-state index in [1.165, 1.54) is 41.9 Å². The van der Waals surface area contributed by atoms with Crippen molar-refractivity contribution in [3.8, 4) is 5.88 Å². The van der Waals surface area contributed by atoms with E-state index in [1.54, 1.807) is 18.3 Å². The number of amides is 1. The number of H-pyrrole nitrogens is 1. The molecule has 4 rings (SSSR count). The lowest BCUT2D eigenvalue weighted by molar-refractivity contribution is -0.118. The van der Waals surface area contributed by atoms with Gasteiger partial charge in [0.2, 0.25) is 11.8 Å². The highest BCUT2D eigenvalue weighted by Gasteiger charge is 2.13. The van der Waals surface area contributed by atoms with Crippen molar-refractivity contribution in [2.45, 2.75) is 46.0 Å². The molecule has 2 aromatic heterocycles.